The highest BCUT2D eigenvalue weighted by Gasteiger charge is 2.19. The third-order valence-electron chi connectivity index (χ3n) is 4.92. The Kier molecular flexibility index (Phi) is 5.16. The van der Waals surface area contributed by atoms with Gasteiger partial charge in [0.05, 0.1) is 18.4 Å². The second-order valence-electron chi connectivity index (χ2n) is 6.75. The molecule has 4 heteroatoms. The smallest absolute Gasteiger partial charge is 0.257 e. The molecule has 3 aromatic carbocycles. The van der Waals surface area contributed by atoms with Crippen molar-refractivity contribution in [1.82, 2.24) is 4.57 Å². The molecule has 0 fully saturated rings. The maximum absolute atomic E-state index is 13.1. The van der Waals surface area contributed by atoms with Crippen molar-refractivity contribution in [3.8, 4) is 22.7 Å². The van der Waals surface area contributed by atoms with Crippen LogP contribution in [0.25, 0.3) is 16.9 Å². The molecular formula is C25H22N2O2. The number of nitrogens with one attached hydrogen (secondary N) is 1. The Balaban J connectivity index is 1.75. The van der Waals surface area contributed by atoms with E-state index in [1.807, 2.05) is 85.8 Å². The van der Waals surface area contributed by atoms with E-state index in [1.165, 1.54) is 0 Å². The van der Waals surface area contributed by atoms with Gasteiger partial charge in [-0.05, 0) is 55.0 Å². The van der Waals surface area contributed by atoms with Gasteiger partial charge in [-0.3, -0.25) is 4.79 Å². The van der Waals surface area contributed by atoms with Crippen LogP contribution in [0.3, 0.4) is 0 Å². The summed E-state index contributed by atoms with van der Waals surface area (Å²) < 4.78 is 7.30. The zero-order valence-electron chi connectivity index (χ0n) is 16.4. The van der Waals surface area contributed by atoms with Crippen molar-refractivity contribution in [3.05, 3.63) is 102 Å². The minimum absolute atomic E-state index is 0.139. The van der Waals surface area contributed by atoms with E-state index in [2.05, 4.69) is 22.0 Å². The summed E-state index contributed by atoms with van der Waals surface area (Å²) in [4.78, 5) is 13.1. The van der Waals surface area contributed by atoms with E-state index in [4.69, 9.17) is 4.74 Å². The van der Waals surface area contributed by atoms with Crippen LogP contribution in [0.5, 0.6) is 5.75 Å². The first kappa shape index (κ1) is 18.6. The number of methoxy groups -OCH3 is 1. The first-order chi connectivity index (χ1) is 14.2. The Hall–Kier alpha value is -3.79. The van der Waals surface area contributed by atoms with E-state index >= 15 is 0 Å². The largest absolute Gasteiger partial charge is 0.497 e. The van der Waals surface area contributed by atoms with Crippen molar-refractivity contribution in [1.29, 1.82) is 0 Å². The number of benzene rings is 3. The van der Waals surface area contributed by atoms with Gasteiger partial charge in [-0.25, -0.2) is 0 Å². The van der Waals surface area contributed by atoms with Crippen molar-refractivity contribution in [2.45, 2.75) is 6.92 Å². The number of hydrogen-bond acceptors (Lipinski definition) is 2. The van der Waals surface area contributed by atoms with Crippen LogP contribution in [0.4, 0.5) is 5.69 Å². The second kappa shape index (κ2) is 8.07. The van der Waals surface area contributed by atoms with Crippen LogP contribution >= 0.6 is 0 Å². The molecule has 0 radical (unpaired) electrons. The summed E-state index contributed by atoms with van der Waals surface area (Å²) in [7, 11) is 1.62. The van der Waals surface area contributed by atoms with Gasteiger partial charge in [-0.15, -0.1) is 0 Å². The minimum Gasteiger partial charge on any atom is -0.497 e. The van der Waals surface area contributed by atoms with Crippen LogP contribution in [-0.2, 0) is 0 Å². The summed E-state index contributed by atoms with van der Waals surface area (Å²) in [5, 5.41) is 2.99. The fourth-order valence-electron chi connectivity index (χ4n) is 3.44. The number of amides is 1. The van der Waals surface area contributed by atoms with Gasteiger partial charge < -0.3 is 14.6 Å². The van der Waals surface area contributed by atoms with Crippen molar-refractivity contribution in [2.75, 3.05) is 12.4 Å². The molecule has 1 amide bonds. The highest BCUT2D eigenvalue weighted by molar-refractivity contribution is 6.06. The quantitative estimate of drug-likeness (QED) is 0.480. The number of para-hydroxylation sites is 1. The van der Waals surface area contributed by atoms with Crippen LogP contribution in [0.15, 0.2) is 91.0 Å². The lowest BCUT2D eigenvalue weighted by molar-refractivity contribution is 0.102. The van der Waals surface area contributed by atoms with Gasteiger partial charge >= 0.3 is 0 Å². The van der Waals surface area contributed by atoms with Crippen molar-refractivity contribution < 1.29 is 9.53 Å². The fraction of sp³-hybridized carbons (Fsp3) is 0.0800. The summed E-state index contributed by atoms with van der Waals surface area (Å²) in [6.45, 7) is 1.97. The third-order valence-corrected chi connectivity index (χ3v) is 4.92. The van der Waals surface area contributed by atoms with Crippen LogP contribution in [0.1, 0.15) is 16.1 Å². The molecule has 0 aliphatic rings. The maximum atomic E-state index is 13.1. The van der Waals surface area contributed by atoms with Gasteiger partial charge in [-0.2, -0.15) is 0 Å². The van der Waals surface area contributed by atoms with E-state index in [1.54, 1.807) is 7.11 Å². The van der Waals surface area contributed by atoms with Crippen LogP contribution in [-0.4, -0.2) is 17.6 Å². The molecule has 1 N–H and O–H groups in total. The second-order valence-corrected chi connectivity index (χ2v) is 6.75. The molecule has 0 saturated carbocycles. The summed E-state index contributed by atoms with van der Waals surface area (Å²) in [6, 6.07) is 29.5. The Morgan fingerprint density at radius 3 is 2.10 bits per heavy atom. The Morgan fingerprint density at radius 1 is 0.862 bits per heavy atom. The molecule has 0 atom stereocenters. The van der Waals surface area contributed by atoms with Crippen molar-refractivity contribution >= 4 is 11.6 Å². The van der Waals surface area contributed by atoms with Crippen molar-refractivity contribution in [2.24, 2.45) is 0 Å². The normalized spacial score (nSPS) is 10.6. The molecule has 4 rings (SSSR count). The average molecular weight is 382 g/mol. The zero-order valence-corrected chi connectivity index (χ0v) is 16.4. The summed E-state index contributed by atoms with van der Waals surface area (Å²) >= 11 is 0. The van der Waals surface area contributed by atoms with Crippen LogP contribution < -0.4 is 10.1 Å². The fourth-order valence-corrected chi connectivity index (χ4v) is 3.44. The molecular weight excluding hydrogens is 360 g/mol. The number of carbonyl (C=O) groups is 1. The van der Waals surface area contributed by atoms with E-state index in [0.717, 1.165) is 34.1 Å². The summed E-state index contributed by atoms with van der Waals surface area (Å²) in [5.74, 6) is 0.611. The first-order valence-corrected chi connectivity index (χ1v) is 9.46. The van der Waals surface area contributed by atoms with E-state index in [9.17, 15) is 4.79 Å². The van der Waals surface area contributed by atoms with Gasteiger partial charge in [0.25, 0.3) is 5.91 Å². The van der Waals surface area contributed by atoms with Gasteiger partial charge in [0.15, 0.2) is 0 Å². The molecule has 0 unspecified atom stereocenters. The number of anilines is 1. The Bertz CT molecular complexity index is 1110. The van der Waals surface area contributed by atoms with Crippen molar-refractivity contribution in [3.63, 3.8) is 0 Å². The lowest BCUT2D eigenvalue weighted by Gasteiger charge is -2.12. The number of hydrogen-bond donors (Lipinski definition) is 1. The maximum Gasteiger partial charge on any atom is 0.257 e. The summed E-state index contributed by atoms with van der Waals surface area (Å²) in [6.07, 6.45) is 0. The van der Waals surface area contributed by atoms with E-state index < -0.39 is 0 Å². The number of aromatic nitrogens is 1. The summed E-state index contributed by atoms with van der Waals surface area (Å²) in [5.41, 5.74) is 5.32. The van der Waals surface area contributed by atoms with Gasteiger partial charge in [0, 0.05) is 17.1 Å². The SMILES string of the molecule is COc1ccc(NC(=O)c2cc(-c3ccccc3)n(-c3ccccc3)c2C)cc1. The first-order valence-electron chi connectivity index (χ1n) is 9.46. The predicted molar refractivity (Wildman–Crippen MR) is 117 cm³/mol. The topological polar surface area (TPSA) is 43.3 Å². The molecule has 0 bridgehead atoms. The standard InChI is InChI=1S/C25H22N2O2/c1-18-23(25(28)26-20-13-15-22(29-2)16-14-20)17-24(19-9-5-3-6-10-19)27(18)21-11-7-4-8-12-21/h3-17H,1-2H3,(H,26,28). The third kappa shape index (κ3) is 3.78. The average Bonchev–Trinajstić information content (AvgIpc) is 3.13. The lowest BCUT2D eigenvalue weighted by atomic mass is 10.1. The van der Waals surface area contributed by atoms with Gasteiger partial charge in [0.1, 0.15) is 5.75 Å². The molecule has 144 valence electrons. The van der Waals surface area contributed by atoms with Gasteiger partial charge in [-0.1, -0.05) is 48.5 Å². The molecule has 0 aliphatic heterocycles. The Morgan fingerprint density at radius 2 is 1.48 bits per heavy atom. The number of nitrogens with zero attached hydrogens (tertiary/aromatic N) is 1. The van der Waals surface area contributed by atoms with E-state index in [0.29, 0.717) is 5.56 Å². The molecule has 0 spiro atoms. The van der Waals surface area contributed by atoms with Crippen LogP contribution in [0, 0.1) is 6.92 Å². The molecule has 0 saturated heterocycles. The minimum atomic E-state index is -0.139. The molecule has 0 aliphatic carbocycles. The molecule has 1 aromatic heterocycles. The zero-order chi connectivity index (χ0) is 20.2. The molecule has 4 nitrogen and oxygen atoms in total. The highest BCUT2D eigenvalue weighted by Crippen LogP contribution is 2.30. The number of rotatable bonds is 5. The monoisotopic (exact) mass is 382 g/mol. The molecule has 1 heterocycles. The molecule has 29 heavy (non-hydrogen) atoms. The number of carbonyl (C=O) groups excluding carboxylic acids is 1. The molecule has 4 aromatic rings. The Labute approximate surface area is 170 Å². The predicted octanol–water partition coefficient (Wildman–Crippen LogP) is 5.71. The number of ether oxygens (including phenoxy) is 1. The van der Waals surface area contributed by atoms with Gasteiger partial charge in [0.2, 0.25) is 0 Å². The lowest BCUT2D eigenvalue weighted by Crippen LogP contribution is -2.13. The van der Waals surface area contributed by atoms with Crippen LogP contribution in [0.2, 0.25) is 0 Å². The highest BCUT2D eigenvalue weighted by atomic mass is 16.5. The van der Waals surface area contributed by atoms with E-state index in [-0.39, 0.29) is 5.91 Å².